The van der Waals surface area contributed by atoms with E-state index in [2.05, 4.69) is 4.74 Å². The predicted octanol–water partition coefficient (Wildman–Crippen LogP) is -1.62. The summed E-state index contributed by atoms with van der Waals surface area (Å²) in [5.74, 6) is -1.78. The molecule has 7 heteroatoms. The Morgan fingerprint density at radius 3 is 2.38 bits per heavy atom. The van der Waals surface area contributed by atoms with Crippen molar-refractivity contribution in [3.8, 4) is 0 Å². The first kappa shape index (κ1) is 12.2. The number of amides is 3. The highest BCUT2D eigenvalue weighted by atomic mass is 16.5. The fourth-order valence-electron chi connectivity index (χ4n) is 1.30. The number of hydrogen-bond acceptors (Lipinski definition) is 5. The van der Waals surface area contributed by atoms with Crippen LogP contribution in [0.15, 0.2) is 0 Å². The van der Waals surface area contributed by atoms with Gasteiger partial charge in [0.05, 0.1) is 6.61 Å². The first-order valence-electron chi connectivity index (χ1n) is 4.76. The Hall–Kier alpha value is -1.92. The van der Waals surface area contributed by atoms with Gasteiger partial charge in [0.1, 0.15) is 19.6 Å². The molecule has 0 N–H and O–H groups in total. The maximum absolute atomic E-state index is 11.4. The predicted molar refractivity (Wildman–Crippen MR) is 51.0 cm³/mol. The lowest BCUT2D eigenvalue weighted by Gasteiger charge is -2.29. The lowest BCUT2D eigenvalue weighted by atomic mass is 10.3. The molecule has 0 radical (unpaired) electrons. The lowest BCUT2D eigenvalue weighted by molar-refractivity contribution is -0.160. The zero-order valence-electron chi connectivity index (χ0n) is 8.84. The number of esters is 1. The zero-order chi connectivity index (χ0) is 12.1. The van der Waals surface area contributed by atoms with E-state index in [0.29, 0.717) is 6.41 Å². The number of carbonyl (C=O) groups excluding carboxylic acids is 4. The average molecular weight is 228 g/mol. The van der Waals surface area contributed by atoms with E-state index in [-0.39, 0.29) is 19.7 Å². The Morgan fingerprint density at radius 2 is 1.94 bits per heavy atom. The lowest BCUT2D eigenvalue weighted by Crippen LogP contribution is -2.54. The molecule has 88 valence electrons. The fourth-order valence-corrected chi connectivity index (χ4v) is 1.30. The molecule has 1 rings (SSSR count). The molecule has 0 unspecified atom stereocenters. The number of piperazine rings is 1. The van der Waals surface area contributed by atoms with Crippen molar-refractivity contribution in [1.29, 1.82) is 0 Å². The molecular weight excluding hydrogens is 216 g/mol. The fraction of sp³-hybridized carbons (Fsp3) is 0.556. The van der Waals surface area contributed by atoms with E-state index in [9.17, 15) is 19.2 Å². The molecule has 0 aliphatic carbocycles. The monoisotopic (exact) mass is 228 g/mol. The number of rotatable bonds is 4. The van der Waals surface area contributed by atoms with Gasteiger partial charge in [-0.25, -0.2) is 0 Å². The maximum atomic E-state index is 11.4. The van der Waals surface area contributed by atoms with E-state index < -0.39 is 24.3 Å². The van der Waals surface area contributed by atoms with Crippen molar-refractivity contribution in [3.05, 3.63) is 0 Å². The second-order valence-electron chi connectivity index (χ2n) is 3.19. The van der Waals surface area contributed by atoms with Gasteiger partial charge in [-0.3, -0.25) is 24.1 Å². The van der Waals surface area contributed by atoms with Crippen LogP contribution < -0.4 is 0 Å². The molecule has 0 aromatic rings. The number of imide groups is 1. The van der Waals surface area contributed by atoms with Gasteiger partial charge in [-0.1, -0.05) is 0 Å². The molecule has 1 aliphatic rings. The van der Waals surface area contributed by atoms with Gasteiger partial charge in [0.25, 0.3) is 0 Å². The van der Waals surface area contributed by atoms with Gasteiger partial charge in [-0.2, -0.15) is 0 Å². The number of carbonyl (C=O) groups is 4. The third kappa shape index (κ3) is 2.78. The van der Waals surface area contributed by atoms with Crippen molar-refractivity contribution in [2.24, 2.45) is 0 Å². The number of hydrogen-bond donors (Lipinski definition) is 0. The van der Waals surface area contributed by atoms with Crippen molar-refractivity contribution in [3.63, 3.8) is 0 Å². The third-order valence-corrected chi connectivity index (χ3v) is 2.02. The van der Waals surface area contributed by atoms with Crippen LogP contribution in [0.5, 0.6) is 0 Å². The molecule has 1 aliphatic heterocycles. The van der Waals surface area contributed by atoms with Crippen molar-refractivity contribution >= 4 is 24.2 Å². The van der Waals surface area contributed by atoms with Gasteiger partial charge < -0.3 is 9.64 Å². The highest BCUT2D eigenvalue weighted by Crippen LogP contribution is 2.03. The van der Waals surface area contributed by atoms with E-state index in [4.69, 9.17) is 0 Å². The summed E-state index contributed by atoms with van der Waals surface area (Å²) < 4.78 is 4.63. The van der Waals surface area contributed by atoms with Crippen LogP contribution in [0.1, 0.15) is 6.92 Å². The van der Waals surface area contributed by atoms with Gasteiger partial charge in [0, 0.05) is 0 Å². The summed E-state index contributed by atoms with van der Waals surface area (Å²) in [5, 5.41) is 0. The quantitative estimate of drug-likeness (QED) is 0.328. The summed E-state index contributed by atoms with van der Waals surface area (Å²) in [6, 6.07) is 0. The molecule has 3 amide bonds. The second-order valence-corrected chi connectivity index (χ2v) is 3.19. The average Bonchev–Trinajstić information content (AvgIpc) is 2.23. The summed E-state index contributed by atoms with van der Waals surface area (Å²) in [6.45, 7) is 1.06. The van der Waals surface area contributed by atoms with E-state index in [0.717, 1.165) is 9.80 Å². The van der Waals surface area contributed by atoms with E-state index in [1.165, 1.54) is 0 Å². The third-order valence-electron chi connectivity index (χ3n) is 2.02. The van der Waals surface area contributed by atoms with Crippen LogP contribution in [0.2, 0.25) is 0 Å². The highest BCUT2D eigenvalue weighted by Gasteiger charge is 2.31. The molecule has 16 heavy (non-hydrogen) atoms. The zero-order valence-corrected chi connectivity index (χ0v) is 8.84. The molecule has 1 fully saturated rings. The standard InChI is InChI=1S/C9H12N2O5/c1-2-16-9(15)5-11-7(13)3-10(6-12)4-8(11)14/h6H,2-5H2,1H3. The van der Waals surface area contributed by atoms with Crippen molar-refractivity contribution < 1.29 is 23.9 Å². The first-order valence-corrected chi connectivity index (χ1v) is 4.76. The number of nitrogens with zero attached hydrogens (tertiary/aromatic N) is 2. The van der Waals surface area contributed by atoms with Gasteiger partial charge in [0.15, 0.2) is 0 Å². The summed E-state index contributed by atoms with van der Waals surface area (Å²) in [7, 11) is 0. The summed E-state index contributed by atoms with van der Waals surface area (Å²) in [5.41, 5.74) is 0. The minimum absolute atomic E-state index is 0.186. The molecule has 0 bridgehead atoms. The highest BCUT2D eigenvalue weighted by molar-refractivity contribution is 6.03. The van der Waals surface area contributed by atoms with Crippen LogP contribution in [0.3, 0.4) is 0 Å². The smallest absolute Gasteiger partial charge is 0.326 e. The van der Waals surface area contributed by atoms with Crippen molar-refractivity contribution in [2.75, 3.05) is 26.2 Å². The van der Waals surface area contributed by atoms with Crippen LogP contribution in [-0.4, -0.2) is 60.2 Å². The second kappa shape index (κ2) is 5.24. The SMILES string of the molecule is CCOC(=O)CN1C(=O)CN(C=O)CC1=O. The Kier molecular flexibility index (Phi) is 3.98. The van der Waals surface area contributed by atoms with Crippen molar-refractivity contribution in [1.82, 2.24) is 9.80 Å². The molecule has 0 spiro atoms. The van der Waals surface area contributed by atoms with E-state index in [1.54, 1.807) is 6.92 Å². The van der Waals surface area contributed by atoms with Gasteiger partial charge in [0.2, 0.25) is 18.2 Å². The van der Waals surface area contributed by atoms with E-state index in [1.807, 2.05) is 0 Å². The van der Waals surface area contributed by atoms with Crippen LogP contribution in [0.4, 0.5) is 0 Å². The topological polar surface area (TPSA) is 84.0 Å². The van der Waals surface area contributed by atoms with Crippen LogP contribution in [-0.2, 0) is 23.9 Å². The molecule has 1 saturated heterocycles. The molecule has 7 nitrogen and oxygen atoms in total. The minimum Gasteiger partial charge on any atom is -0.465 e. The molecule has 0 aromatic heterocycles. The Balaban J connectivity index is 2.60. The Bertz CT molecular complexity index is 310. The summed E-state index contributed by atoms with van der Waals surface area (Å²) in [6.07, 6.45) is 0.428. The molecule has 0 atom stereocenters. The molecule has 0 aromatic carbocycles. The largest absolute Gasteiger partial charge is 0.465 e. The first-order chi connectivity index (χ1) is 7.58. The van der Waals surface area contributed by atoms with Gasteiger partial charge in [-0.05, 0) is 6.92 Å². The summed E-state index contributed by atoms with van der Waals surface area (Å²) >= 11 is 0. The minimum atomic E-state index is -0.635. The molecule has 0 saturated carbocycles. The normalized spacial score (nSPS) is 16.3. The summed E-state index contributed by atoms with van der Waals surface area (Å²) in [4.78, 5) is 46.2. The maximum Gasteiger partial charge on any atom is 0.326 e. The number of ether oxygens (including phenoxy) is 1. The Morgan fingerprint density at radius 1 is 1.38 bits per heavy atom. The van der Waals surface area contributed by atoms with Crippen molar-refractivity contribution in [2.45, 2.75) is 6.92 Å². The molecule has 1 heterocycles. The van der Waals surface area contributed by atoms with Crippen LogP contribution in [0.25, 0.3) is 0 Å². The van der Waals surface area contributed by atoms with E-state index >= 15 is 0 Å². The van der Waals surface area contributed by atoms with Gasteiger partial charge in [-0.15, -0.1) is 0 Å². The van der Waals surface area contributed by atoms with Crippen LogP contribution in [0, 0.1) is 0 Å². The van der Waals surface area contributed by atoms with Gasteiger partial charge >= 0.3 is 5.97 Å². The Labute approximate surface area is 91.9 Å². The molecular formula is C9H12N2O5. The van der Waals surface area contributed by atoms with Crippen LogP contribution >= 0.6 is 0 Å².